The molecule has 7 heteroatoms. The van der Waals surface area contributed by atoms with E-state index < -0.39 is 0 Å². The summed E-state index contributed by atoms with van der Waals surface area (Å²) < 4.78 is 0. The Kier molecular flexibility index (Phi) is 5.32. The van der Waals surface area contributed by atoms with Crippen molar-refractivity contribution >= 4 is 17.2 Å². The molecule has 0 saturated heterocycles. The number of carbonyl (C=O) groups is 1. The van der Waals surface area contributed by atoms with E-state index in [0.717, 1.165) is 18.4 Å². The number of rotatable bonds is 7. The lowest BCUT2D eigenvalue weighted by molar-refractivity contribution is -0.122. The second-order valence-electron chi connectivity index (χ2n) is 5.65. The van der Waals surface area contributed by atoms with Gasteiger partial charge in [-0.3, -0.25) is 4.79 Å². The molecule has 1 aromatic carbocycles. The molecule has 3 aromatic rings. The fourth-order valence-corrected chi connectivity index (χ4v) is 3.00. The van der Waals surface area contributed by atoms with Gasteiger partial charge in [0.2, 0.25) is 11.7 Å². The van der Waals surface area contributed by atoms with E-state index in [1.807, 2.05) is 41.9 Å². The van der Waals surface area contributed by atoms with Gasteiger partial charge in [0.05, 0.1) is 0 Å². The van der Waals surface area contributed by atoms with E-state index in [1.165, 1.54) is 10.4 Å². The van der Waals surface area contributed by atoms with Crippen LogP contribution in [-0.2, 0) is 17.8 Å². The number of aryl methyl sites for hydroxylation is 1. The first-order chi connectivity index (χ1) is 11.7. The molecule has 0 aliphatic carbocycles. The van der Waals surface area contributed by atoms with Gasteiger partial charge in [-0.25, -0.2) is 0 Å². The second kappa shape index (κ2) is 7.83. The van der Waals surface area contributed by atoms with Crippen LogP contribution in [0, 0.1) is 0 Å². The maximum absolute atomic E-state index is 12.1. The minimum atomic E-state index is -0.107. The van der Waals surface area contributed by atoms with Crippen LogP contribution in [0.4, 0.5) is 0 Å². The van der Waals surface area contributed by atoms with Gasteiger partial charge in [0, 0.05) is 17.0 Å². The summed E-state index contributed by atoms with van der Waals surface area (Å²) in [6.45, 7) is 2.08. The van der Waals surface area contributed by atoms with E-state index in [2.05, 4.69) is 32.9 Å². The number of amides is 1. The van der Waals surface area contributed by atoms with Crippen molar-refractivity contribution in [1.82, 2.24) is 25.5 Å². The van der Waals surface area contributed by atoms with Gasteiger partial charge in [0.25, 0.3) is 0 Å². The summed E-state index contributed by atoms with van der Waals surface area (Å²) in [5.74, 6) is 0.436. The molecule has 1 amide bonds. The summed E-state index contributed by atoms with van der Waals surface area (Å²) >= 11 is 1.57. The number of benzene rings is 1. The quantitative estimate of drug-likeness (QED) is 0.717. The first-order valence-corrected chi connectivity index (χ1v) is 8.78. The third-order valence-electron chi connectivity index (χ3n) is 3.63. The van der Waals surface area contributed by atoms with Crippen LogP contribution in [0.1, 0.15) is 18.9 Å². The van der Waals surface area contributed by atoms with Crippen molar-refractivity contribution in [1.29, 1.82) is 0 Å². The Bertz CT molecular complexity index is 769. The van der Waals surface area contributed by atoms with Crippen molar-refractivity contribution in [2.45, 2.75) is 32.4 Å². The van der Waals surface area contributed by atoms with Crippen LogP contribution in [-0.4, -0.2) is 32.2 Å². The van der Waals surface area contributed by atoms with E-state index in [0.29, 0.717) is 5.82 Å². The first kappa shape index (κ1) is 16.3. The first-order valence-electron chi connectivity index (χ1n) is 7.84. The number of thiophene rings is 1. The average Bonchev–Trinajstić information content (AvgIpc) is 3.25. The summed E-state index contributed by atoms with van der Waals surface area (Å²) in [6, 6.07) is 12.3. The third kappa shape index (κ3) is 4.48. The Morgan fingerprint density at radius 2 is 2.12 bits per heavy atom. The van der Waals surface area contributed by atoms with Gasteiger partial charge in [0.15, 0.2) is 0 Å². The van der Waals surface area contributed by atoms with Crippen molar-refractivity contribution in [2.75, 3.05) is 0 Å². The Balaban J connectivity index is 1.47. The number of tetrazole rings is 1. The van der Waals surface area contributed by atoms with E-state index >= 15 is 0 Å². The van der Waals surface area contributed by atoms with Gasteiger partial charge in [-0.05, 0) is 42.0 Å². The summed E-state index contributed by atoms with van der Waals surface area (Å²) in [7, 11) is 0. The standard InChI is InChI=1S/C17H19N5OS/c1-13(7-8-14-5-3-2-4-6-14)18-16(23)11-22-20-17(19-21-22)15-9-10-24-12-15/h2-6,9-10,12-13H,7-8,11H2,1H3,(H,18,23)/t13-/m0/s1. The SMILES string of the molecule is C[C@@H](CCc1ccccc1)NC(=O)Cn1nnc(-c2ccsc2)n1. The molecule has 2 heterocycles. The molecule has 124 valence electrons. The Labute approximate surface area is 144 Å². The van der Waals surface area contributed by atoms with Gasteiger partial charge >= 0.3 is 0 Å². The summed E-state index contributed by atoms with van der Waals surface area (Å²) in [5, 5.41) is 19.0. The molecule has 0 aliphatic rings. The number of hydrogen-bond donors (Lipinski definition) is 1. The summed E-state index contributed by atoms with van der Waals surface area (Å²) in [5.41, 5.74) is 2.19. The maximum atomic E-state index is 12.1. The van der Waals surface area contributed by atoms with Crippen LogP contribution in [0.5, 0.6) is 0 Å². The fourth-order valence-electron chi connectivity index (χ4n) is 2.37. The van der Waals surface area contributed by atoms with Gasteiger partial charge < -0.3 is 5.32 Å². The van der Waals surface area contributed by atoms with Crippen LogP contribution in [0.15, 0.2) is 47.2 Å². The Hall–Kier alpha value is -2.54. The molecule has 1 N–H and O–H groups in total. The van der Waals surface area contributed by atoms with E-state index in [9.17, 15) is 4.79 Å². The lowest BCUT2D eigenvalue weighted by Crippen LogP contribution is -2.35. The molecular weight excluding hydrogens is 322 g/mol. The van der Waals surface area contributed by atoms with Crippen LogP contribution in [0.3, 0.4) is 0 Å². The number of carbonyl (C=O) groups excluding carboxylic acids is 1. The highest BCUT2D eigenvalue weighted by atomic mass is 32.1. The molecule has 0 fully saturated rings. The van der Waals surface area contributed by atoms with Gasteiger partial charge in [0.1, 0.15) is 6.54 Å². The minimum Gasteiger partial charge on any atom is -0.352 e. The highest BCUT2D eigenvalue weighted by Gasteiger charge is 2.11. The maximum Gasteiger partial charge on any atom is 0.243 e. The van der Waals surface area contributed by atoms with Crippen LogP contribution in [0.25, 0.3) is 11.4 Å². The van der Waals surface area contributed by atoms with Gasteiger partial charge in [-0.1, -0.05) is 30.3 Å². The lowest BCUT2D eigenvalue weighted by Gasteiger charge is -2.13. The molecule has 2 aromatic heterocycles. The normalized spacial score (nSPS) is 12.0. The van der Waals surface area contributed by atoms with Crippen LogP contribution < -0.4 is 5.32 Å². The molecular formula is C17H19N5OS. The zero-order chi connectivity index (χ0) is 16.8. The predicted octanol–water partition coefficient (Wildman–Crippen LogP) is 2.54. The molecule has 0 bridgehead atoms. The fraction of sp³-hybridized carbons (Fsp3) is 0.294. The lowest BCUT2D eigenvalue weighted by atomic mass is 10.1. The number of nitrogens with zero attached hydrogens (tertiary/aromatic N) is 4. The van der Waals surface area contributed by atoms with E-state index in [1.54, 1.807) is 11.3 Å². The molecule has 0 aliphatic heterocycles. The number of aromatic nitrogens is 4. The largest absolute Gasteiger partial charge is 0.352 e. The minimum absolute atomic E-state index is 0.0762. The van der Waals surface area contributed by atoms with Gasteiger partial charge in [-0.2, -0.15) is 16.1 Å². The molecule has 0 unspecified atom stereocenters. The zero-order valence-electron chi connectivity index (χ0n) is 13.4. The topological polar surface area (TPSA) is 72.7 Å². The van der Waals surface area contributed by atoms with Crippen molar-refractivity contribution in [3.05, 3.63) is 52.7 Å². The van der Waals surface area contributed by atoms with Crippen molar-refractivity contribution in [3.8, 4) is 11.4 Å². The number of hydrogen-bond acceptors (Lipinski definition) is 5. The molecule has 0 spiro atoms. The Morgan fingerprint density at radius 3 is 2.88 bits per heavy atom. The summed E-state index contributed by atoms with van der Waals surface area (Å²) in [4.78, 5) is 13.4. The predicted molar refractivity (Wildman–Crippen MR) is 93.5 cm³/mol. The van der Waals surface area contributed by atoms with Crippen molar-refractivity contribution < 1.29 is 4.79 Å². The van der Waals surface area contributed by atoms with E-state index in [4.69, 9.17) is 0 Å². The monoisotopic (exact) mass is 341 g/mol. The molecule has 1 atom stereocenters. The molecule has 6 nitrogen and oxygen atoms in total. The second-order valence-corrected chi connectivity index (χ2v) is 6.43. The molecule has 0 saturated carbocycles. The van der Waals surface area contributed by atoms with Crippen molar-refractivity contribution in [2.24, 2.45) is 0 Å². The molecule has 0 radical (unpaired) electrons. The number of nitrogens with one attached hydrogen (secondary N) is 1. The average molecular weight is 341 g/mol. The Morgan fingerprint density at radius 1 is 1.29 bits per heavy atom. The zero-order valence-corrected chi connectivity index (χ0v) is 14.2. The van der Waals surface area contributed by atoms with Crippen LogP contribution in [0.2, 0.25) is 0 Å². The van der Waals surface area contributed by atoms with Crippen LogP contribution >= 0.6 is 11.3 Å². The molecule has 24 heavy (non-hydrogen) atoms. The smallest absolute Gasteiger partial charge is 0.243 e. The van der Waals surface area contributed by atoms with Gasteiger partial charge in [-0.15, -0.1) is 10.2 Å². The third-order valence-corrected chi connectivity index (χ3v) is 4.32. The van der Waals surface area contributed by atoms with E-state index in [-0.39, 0.29) is 18.5 Å². The highest BCUT2D eigenvalue weighted by molar-refractivity contribution is 7.08. The molecule has 3 rings (SSSR count). The summed E-state index contributed by atoms with van der Waals surface area (Å²) in [6.07, 6.45) is 1.83. The van der Waals surface area contributed by atoms with Crippen molar-refractivity contribution in [3.63, 3.8) is 0 Å². The highest BCUT2D eigenvalue weighted by Crippen LogP contribution is 2.16.